The van der Waals surface area contributed by atoms with Crippen LogP contribution in [0.5, 0.6) is 0 Å². The van der Waals surface area contributed by atoms with Crippen molar-refractivity contribution in [2.24, 2.45) is 34.0 Å². The molecule has 0 aromatic heterocycles. The van der Waals surface area contributed by atoms with Crippen molar-refractivity contribution in [3.63, 3.8) is 0 Å². The quantitative estimate of drug-likeness (QED) is 0.490. The number of hydrogen-bond acceptors (Lipinski definition) is 5. The molecule has 3 N–H and O–H groups in total. The number of ketones is 1. The first kappa shape index (κ1) is 17.4. The van der Waals surface area contributed by atoms with Gasteiger partial charge in [-0.25, -0.2) is 0 Å². The lowest BCUT2D eigenvalue weighted by Gasteiger charge is -2.65. The van der Waals surface area contributed by atoms with Gasteiger partial charge in [-0.2, -0.15) is 0 Å². The Morgan fingerprint density at radius 3 is 2.40 bits per heavy atom. The molecular formula is C20H28O5. The van der Waals surface area contributed by atoms with Gasteiger partial charge in [0.25, 0.3) is 0 Å². The van der Waals surface area contributed by atoms with Crippen LogP contribution in [0.15, 0.2) is 12.2 Å². The summed E-state index contributed by atoms with van der Waals surface area (Å²) < 4.78 is 0. The fraction of sp³-hybridized carbons (Fsp3) is 0.800. The summed E-state index contributed by atoms with van der Waals surface area (Å²) in [6, 6.07) is 0. The molecule has 5 nitrogen and oxygen atoms in total. The normalized spacial score (nSPS) is 57.8. The maximum atomic E-state index is 13.1. The van der Waals surface area contributed by atoms with Crippen LogP contribution in [-0.2, 0) is 9.59 Å². The first-order chi connectivity index (χ1) is 11.7. The molecule has 9 atom stereocenters. The third-order valence-electron chi connectivity index (χ3n) is 8.60. The van der Waals surface area contributed by atoms with Crippen molar-refractivity contribution in [2.45, 2.75) is 64.3 Å². The van der Waals surface area contributed by atoms with Crippen LogP contribution < -0.4 is 0 Å². The number of carbonyl (C=O) groups is 2. The lowest BCUT2D eigenvalue weighted by atomic mass is 9.39. The maximum absolute atomic E-state index is 13.1. The van der Waals surface area contributed by atoms with Crippen LogP contribution in [0.1, 0.15) is 46.0 Å². The Morgan fingerprint density at radius 1 is 1.08 bits per heavy atom. The second-order valence-corrected chi connectivity index (χ2v) is 9.32. The molecule has 4 aliphatic rings. The highest BCUT2D eigenvalue weighted by molar-refractivity contribution is 6.04. The van der Waals surface area contributed by atoms with Crippen LogP contribution in [0.25, 0.3) is 0 Å². The van der Waals surface area contributed by atoms with E-state index in [-0.39, 0.29) is 30.0 Å². The minimum atomic E-state index is -1.27. The SMILES string of the molecule is C=C1C(=O)[C@@]23[C@H](O)C[C@H]4[C@@](C)([C@@H](O)CC[C@]4(C)C=O)[C@@H]2CC[C@@H]1[C@H]3O. The molecule has 4 saturated carbocycles. The zero-order valence-electron chi connectivity index (χ0n) is 14.9. The topological polar surface area (TPSA) is 94.8 Å². The molecule has 4 rings (SSSR count). The number of hydrogen-bond donors (Lipinski definition) is 3. The summed E-state index contributed by atoms with van der Waals surface area (Å²) in [5.74, 6) is -1.08. The summed E-state index contributed by atoms with van der Waals surface area (Å²) in [5, 5.41) is 33.0. The zero-order valence-corrected chi connectivity index (χ0v) is 14.9. The van der Waals surface area contributed by atoms with E-state index in [4.69, 9.17) is 0 Å². The van der Waals surface area contributed by atoms with Crippen molar-refractivity contribution in [2.75, 3.05) is 0 Å². The van der Waals surface area contributed by atoms with Crippen molar-refractivity contribution in [1.82, 2.24) is 0 Å². The number of aldehydes is 1. The molecular weight excluding hydrogens is 320 g/mol. The second-order valence-electron chi connectivity index (χ2n) is 9.32. The van der Waals surface area contributed by atoms with Gasteiger partial charge in [0.1, 0.15) is 6.29 Å². The van der Waals surface area contributed by atoms with Crippen molar-refractivity contribution >= 4 is 12.1 Å². The van der Waals surface area contributed by atoms with Gasteiger partial charge >= 0.3 is 0 Å². The lowest BCUT2D eigenvalue weighted by molar-refractivity contribution is -0.249. The minimum Gasteiger partial charge on any atom is -0.393 e. The third-order valence-corrected chi connectivity index (χ3v) is 8.60. The molecule has 25 heavy (non-hydrogen) atoms. The van der Waals surface area contributed by atoms with Crippen molar-refractivity contribution in [1.29, 1.82) is 0 Å². The Labute approximate surface area is 148 Å². The lowest BCUT2D eigenvalue weighted by Crippen LogP contribution is -2.70. The van der Waals surface area contributed by atoms with E-state index in [1.807, 2.05) is 13.8 Å². The fourth-order valence-corrected chi connectivity index (χ4v) is 7.23. The van der Waals surface area contributed by atoms with Crippen LogP contribution in [0.2, 0.25) is 0 Å². The molecule has 1 spiro atoms. The van der Waals surface area contributed by atoms with Crippen LogP contribution in [0.3, 0.4) is 0 Å². The van der Waals surface area contributed by atoms with E-state index in [0.717, 1.165) is 6.29 Å². The summed E-state index contributed by atoms with van der Waals surface area (Å²) in [4.78, 5) is 25.0. The zero-order chi connectivity index (χ0) is 18.4. The number of Topliss-reactive ketones (excluding diaryl/α,β-unsaturated/α-hetero) is 1. The molecule has 0 unspecified atom stereocenters. The van der Waals surface area contributed by atoms with E-state index in [0.29, 0.717) is 31.3 Å². The van der Waals surface area contributed by atoms with Gasteiger partial charge in [0.05, 0.1) is 23.7 Å². The predicted octanol–water partition coefficient (Wildman–Crippen LogP) is 1.25. The Balaban J connectivity index is 1.91. The maximum Gasteiger partial charge on any atom is 0.170 e. The molecule has 4 fully saturated rings. The summed E-state index contributed by atoms with van der Waals surface area (Å²) in [5.41, 5.74) is -2.16. The number of fused-ring (bicyclic) bond motifs is 3. The molecule has 4 aliphatic carbocycles. The van der Waals surface area contributed by atoms with E-state index < -0.39 is 34.6 Å². The van der Waals surface area contributed by atoms with E-state index >= 15 is 0 Å². The molecule has 0 aromatic rings. The van der Waals surface area contributed by atoms with Crippen molar-refractivity contribution < 1.29 is 24.9 Å². The molecule has 0 saturated heterocycles. The predicted molar refractivity (Wildman–Crippen MR) is 90.4 cm³/mol. The van der Waals surface area contributed by atoms with Crippen LogP contribution in [-0.4, -0.2) is 45.7 Å². The molecule has 138 valence electrons. The number of aliphatic hydroxyl groups is 3. The first-order valence-corrected chi connectivity index (χ1v) is 9.39. The summed E-state index contributed by atoms with van der Waals surface area (Å²) in [6.45, 7) is 7.76. The van der Waals surface area contributed by atoms with Gasteiger partial charge in [-0.05, 0) is 49.5 Å². The highest BCUT2D eigenvalue weighted by atomic mass is 16.3. The standard InChI is InChI=1S/C20H28O5/c1-10-11-4-5-12-19(3)13(18(2,9-21)7-6-14(19)22)8-15(23)20(12,16(10)24)17(11)25/h9,11-15,17,22-23,25H,1,4-8H2,2-3H3/t11-,12-,13+,14-,15+,17+,18+,19-,20-/m0/s1. The van der Waals surface area contributed by atoms with Gasteiger partial charge < -0.3 is 20.1 Å². The average molecular weight is 348 g/mol. The Hall–Kier alpha value is -1.04. The van der Waals surface area contributed by atoms with E-state index in [1.165, 1.54) is 0 Å². The van der Waals surface area contributed by atoms with Gasteiger partial charge in [0.2, 0.25) is 0 Å². The Bertz CT molecular complexity index is 658. The summed E-state index contributed by atoms with van der Waals surface area (Å²) in [6.07, 6.45) is 0.980. The van der Waals surface area contributed by atoms with Crippen molar-refractivity contribution in [3.8, 4) is 0 Å². The number of rotatable bonds is 1. The van der Waals surface area contributed by atoms with Crippen molar-refractivity contribution in [3.05, 3.63) is 12.2 Å². The average Bonchev–Trinajstić information content (AvgIpc) is 2.70. The molecule has 0 amide bonds. The number of carbonyl (C=O) groups excluding carboxylic acids is 2. The monoisotopic (exact) mass is 348 g/mol. The second kappa shape index (κ2) is 5.02. The largest absolute Gasteiger partial charge is 0.393 e. The third kappa shape index (κ3) is 1.70. The van der Waals surface area contributed by atoms with Gasteiger partial charge in [0, 0.05) is 16.7 Å². The highest BCUT2D eigenvalue weighted by Crippen LogP contribution is 2.70. The van der Waals surface area contributed by atoms with Crippen LogP contribution >= 0.6 is 0 Å². The van der Waals surface area contributed by atoms with E-state index in [9.17, 15) is 24.9 Å². The van der Waals surface area contributed by atoms with E-state index in [2.05, 4.69) is 6.58 Å². The first-order valence-electron chi connectivity index (χ1n) is 9.39. The van der Waals surface area contributed by atoms with Gasteiger partial charge in [0.15, 0.2) is 5.78 Å². The van der Waals surface area contributed by atoms with Crippen LogP contribution in [0, 0.1) is 34.0 Å². The van der Waals surface area contributed by atoms with Gasteiger partial charge in [-0.15, -0.1) is 0 Å². The van der Waals surface area contributed by atoms with Gasteiger partial charge in [-0.3, -0.25) is 4.79 Å². The van der Waals surface area contributed by atoms with Gasteiger partial charge in [-0.1, -0.05) is 20.4 Å². The molecule has 2 bridgehead atoms. The molecule has 0 heterocycles. The highest BCUT2D eigenvalue weighted by Gasteiger charge is 2.75. The fourth-order valence-electron chi connectivity index (χ4n) is 7.23. The minimum absolute atomic E-state index is 0.211. The molecule has 0 radical (unpaired) electrons. The molecule has 0 aliphatic heterocycles. The number of aliphatic hydroxyl groups excluding tert-OH is 3. The molecule has 0 aromatic carbocycles. The summed E-state index contributed by atoms with van der Waals surface area (Å²) in [7, 11) is 0. The van der Waals surface area contributed by atoms with E-state index in [1.54, 1.807) is 0 Å². The summed E-state index contributed by atoms with van der Waals surface area (Å²) >= 11 is 0. The molecule has 5 heteroatoms. The van der Waals surface area contributed by atoms with Crippen LogP contribution in [0.4, 0.5) is 0 Å². The Kier molecular flexibility index (Phi) is 3.49. The smallest absolute Gasteiger partial charge is 0.170 e. The Morgan fingerprint density at radius 2 is 1.76 bits per heavy atom.